The molecule has 2 atom stereocenters. The van der Waals surface area contributed by atoms with Crippen LogP contribution in [0.5, 0.6) is 0 Å². The van der Waals surface area contributed by atoms with E-state index in [1.165, 1.54) is 24.2 Å². The molecule has 0 bridgehead atoms. The third kappa shape index (κ3) is 3.02. The predicted molar refractivity (Wildman–Crippen MR) is 77.0 cm³/mol. The van der Waals surface area contributed by atoms with E-state index in [1.54, 1.807) is 0 Å². The van der Waals surface area contributed by atoms with Gasteiger partial charge in [0, 0.05) is 25.3 Å². The van der Waals surface area contributed by atoms with Crippen molar-refractivity contribution in [1.29, 1.82) is 0 Å². The van der Waals surface area contributed by atoms with Crippen molar-refractivity contribution >= 4 is 5.82 Å². The molecule has 0 radical (unpaired) electrons. The SMILES string of the molecule is CCNC(C)C1CCCN(c2ncccc2C)C1. The fourth-order valence-electron chi connectivity index (χ4n) is 2.91. The molecular formula is C15H25N3. The Morgan fingerprint density at radius 2 is 2.39 bits per heavy atom. The minimum atomic E-state index is 0.599. The van der Waals surface area contributed by atoms with E-state index in [2.05, 4.69) is 42.0 Å². The van der Waals surface area contributed by atoms with Crippen LogP contribution in [0.3, 0.4) is 0 Å². The summed E-state index contributed by atoms with van der Waals surface area (Å²) in [5.41, 5.74) is 1.29. The quantitative estimate of drug-likeness (QED) is 0.886. The lowest BCUT2D eigenvalue weighted by molar-refractivity contribution is 0.323. The number of rotatable bonds is 4. The Balaban J connectivity index is 2.05. The summed E-state index contributed by atoms with van der Waals surface area (Å²) in [7, 11) is 0. The van der Waals surface area contributed by atoms with Gasteiger partial charge >= 0.3 is 0 Å². The minimum Gasteiger partial charge on any atom is -0.356 e. The molecule has 3 heteroatoms. The van der Waals surface area contributed by atoms with Crippen molar-refractivity contribution in [3.63, 3.8) is 0 Å². The summed E-state index contributed by atoms with van der Waals surface area (Å²) in [6.45, 7) is 9.97. The summed E-state index contributed by atoms with van der Waals surface area (Å²) in [6.07, 6.45) is 4.51. The lowest BCUT2D eigenvalue weighted by Crippen LogP contribution is -2.45. The lowest BCUT2D eigenvalue weighted by Gasteiger charge is -2.37. The third-order valence-corrected chi connectivity index (χ3v) is 3.97. The van der Waals surface area contributed by atoms with Crippen molar-refractivity contribution < 1.29 is 0 Å². The number of anilines is 1. The van der Waals surface area contributed by atoms with Gasteiger partial charge in [-0.2, -0.15) is 0 Å². The maximum atomic E-state index is 4.55. The van der Waals surface area contributed by atoms with Crippen molar-refractivity contribution in [3.05, 3.63) is 23.9 Å². The number of nitrogens with zero attached hydrogens (tertiary/aromatic N) is 2. The summed E-state index contributed by atoms with van der Waals surface area (Å²) >= 11 is 0. The Labute approximate surface area is 111 Å². The van der Waals surface area contributed by atoms with Gasteiger partial charge in [-0.25, -0.2) is 4.98 Å². The molecule has 100 valence electrons. The topological polar surface area (TPSA) is 28.2 Å². The van der Waals surface area contributed by atoms with Crippen LogP contribution in [0.1, 0.15) is 32.3 Å². The average molecular weight is 247 g/mol. The number of nitrogens with one attached hydrogen (secondary N) is 1. The Morgan fingerprint density at radius 3 is 3.11 bits per heavy atom. The van der Waals surface area contributed by atoms with Crippen molar-refractivity contribution in [3.8, 4) is 0 Å². The maximum Gasteiger partial charge on any atom is 0.131 e. The standard InChI is InChI=1S/C15H25N3/c1-4-16-13(3)14-8-6-10-18(11-14)15-12(2)7-5-9-17-15/h5,7,9,13-14,16H,4,6,8,10-11H2,1-3H3. The number of pyridine rings is 1. The fraction of sp³-hybridized carbons (Fsp3) is 0.667. The van der Waals surface area contributed by atoms with Crippen molar-refractivity contribution in [1.82, 2.24) is 10.3 Å². The van der Waals surface area contributed by atoms with Gasteiger partial charge in [0.05, 0.1) is 0 Å². The van der Waals surface area contributed by atoms with Gasteiger partial charge < -0.3 is 10.2 Å². The molecule has 18 heavy (non-hydrogen) atoms. The zero-order valence-electron chi connectivity index (χ0n) is 11.8. The molecule has 2 rings (SSSR count). The van der Waals surface area contributed by atoms with Crippen molar-refractivity contribution in [2.75, 3.05) is 24.5 Å². The van der Waals surface area contributed by atoms with E-state index in [1.807, 2.05) is 12.3 Å². The number of hydrogen-bond acceptors (Lipinski definition) is 3. The molecule has 0 amide bonds. The average Bonchev–Trinajstić information content (AvgIpc) is 2.40. The Bertz CT molecular complexity index is 378. The minimum absolute atomic E-state index is 0.599. The van der Waals surface area contributed by atoms with Crippen LogP contribution >= 0.6 is 0 Å². The lowest BCUT2D eigenvalue weighted by atomic mass is 9.91. The Hall–Kier alpha value is -1.09. The highest BCUT2D eigenvalue weighted by molar-refractivity contribution is 5.46. The first-order chi connectivity index (χ1) is 8.72. The number of aryl methyl sites for hydroxylation is 1. The highest BCUT2D eigenvalue weighted by Gasteiger charge is 2.25. The molecule has 2 heterocycles. The van der Waals surface area contributed by atoms with Crippen molar-refractivity contribution in [2.24, 2.45) is 5.92 Å². The van der Waals surface area contributed by atoms with E-state index in [9.17, 15) is 0 Å². The number of hydrogen-bond donors (Lipinski definition) is 1. The highest BCUT2D eigenvalue weighted by Crippen LogP contribution is 2.25. The molecule has 1 fully saturated rings. The zero-order valence-corrected chi connectivity index (χ0v) is 11.8. The van der Waals surface area contributed by atoms with Gasteiger partial charge in [0.1, 0.15) is 5.82 Å². The molecule has 0 aromatic carbocycles. The molecule has 1 aliphatic heterocycles. The normalized spacial score (nSPS) is 21.9. The molecule has 1 aromatic rings. The van der Waals surface area contributed by atoms with Gasteiger partial charge in [-0.3, -0.25) is 0 Å². The molecule has 1 saturated heterocycles. The number of aromatic nitrogens is 1. The predicted octanol–water partition coefficient (Wildman–Crippen LogP) is 2.60. The molecule has 0 saturated carbocycles. The third-order valence-electron chi connectivity index (χ3n) is 3.97. The maximum absolute atomic E-state index is 4.55. The van der Waals surface area contributed by atoms with Crippen LogP contribution in [0.15, 0.2) is 18.3 Å². The zero-order chi connectivity index (χ0) is 13.0. The fourth-order valence-corrected chi connectivity index (χ4v) is 2.91. The first-order valence-electron chi connectivity index (χ1n) is 7.12. The smallest absolute Gasteiger partial charge is 0.131 e. The first-order valence-corrected chi connectivity index (χ1v) is 7.12. The highest BCUT2D eigenvalue weighted by atomic mass is 15.2. The summed E-state index contributed by atoms with van der Waals surface area (Å²) in [5.74, 6) is 1.91. The van der Waals surface area contributed by atoms with E-state index in [-0.39, 0.29) is 0 Å². The summed E-state index contributed by atoms with van der Waals surface area (Å²) in [6, 6.07) is 4.77. The molecular weight excluding hydrogens is 222 g/mol. The van der Waals surface area contributed by atoms with Crippen LogP contribution in [0.4, 0.5) is 5.82 Å². The van der Waals surface area contributed by atoms with E-state index < -0.39 is 0 Å². The van der Waals surface area contributed by atoms with E-state index in [0.29, 0.717) is 6.04 Å². The second-order valence-electron chi connectivity index (χ2n) is 5.34. The Morgan fingerprint density at radius 1 is 1.56 bits per heavy atom. The van der Waals surface area contributed by atoms with Crippen LogP contribution in [-0.4, -0.2) is 30.7 Å². The number of piperidine rings is 1. The summed E-state index contributed by atoms with van der Waals surface area (Å²) in [4.78, 5) is 7.00. The monoisotopic (exact) mass is 247 g/mol. The Kier molecular flexibility index (Phi) is 4.59. The molecule has 1 N–H and O–H groups in total. The second-order valence-corrected chi connectivity index (χ2v) is 5.34. The molecule has 1 aromatic heterocycles. The van der Waals surface area contributed by atoms with Crippen LogP contribution in [-0.2, 0) is 0 Å². The van der Waals surface area contributed by atoms with Gasteiger partial charge in [0.25, 0.3) is 0 Å². The van der Waals surface area contributed by atoms with Gasteiger partial charge in [-0.15, -0.1) is 0 Å². The van der Waals surface area contributed by atoms with Gasteiger partial charge in [-0.05, 0) is 50.8 Å². The van der Waals surface area contributed by atoms with E-state index in [0.717, 1.165) is 25.6 Å². The largest absolute Gasteiger partial charge is 0.356 e. The molecule has 0 aliphatic carbocycles. The van der Waals surface area contributed by atoms with Gasteiger partial charge in [0.15, 0.2) is 0 Å². The van der Waals surface area contributed by atoms with Gasteiger partial charge in [0.2, 0.25) is 0 Å². The summed E-state index contributed by atoms with van der Waals surface area (Å²) in [5, 5.41) is 3.55. The van der Waals surface area contributed by atoms with E-state index in [4.69, 9.17) is 0 Å². The van der Waals surface area contributed by atoms with Crippen LogP contribution in [0.25, 0.3) is 0 Å². The van der Waals surface area contributed by atoms with E-state index >= 15 is 0 Å². The van der Waals surface area contributed by atoms with Crippen LogP contribution in [0, 0.1) is 12.8 Å². The molecule has 0 spiro atoms. The molecule has 2 unspecified atom stereocenters. The molecule has 3 nitrogen and oxygen atoms in total. The van der Waals surface area contributed by atoms with Crippen LogP contribution < -0.4 is 10.2 Å². The van der Waals surface area contributed by atoms with Gasteiger partial charge in [-0.1, -0.05) is 13.0 Å². The van der Waals surface area contributed by atoms with Crippen LogP contribution in [0.2, 0.25) is 0 Å². The van der Waals surface area contributed by atoms with Crippen molar-refractivity contribution in [2.45, 2.75) is 39.7 Å². The first kappa shape index (κ1) is 13.3. The second kappa shape index (κ2) is 6.19. The summed E-state index contributed by atoms with van der Waals surface area (Å²) < 4.78 is 0. The molecule has 1 aliphatic rings.